The number of hydrogen-bond acceptors (Lipinski definition) is 4. The number of esters is 1. The summed E-state index contributed by atoms with van der Waals surface area (Å²) < 4.78 is 4.76. The molecule has 1 saturated heterocycles. The summed E-state index contributed by atoms with van der Waals surface area (Å²) in [7, 11) is 1.32. The Morgan fingerprint density at radius 1 is 0.676 bits per heavy atom. The van der Waals surface area contributed by atoms with Crippen molar-refractivity contribution in [2.24, 2.45) is 23.7 Å². The molecule has 2 bridgehead atoms. The maximum atomic E-state index is 13.8. The lowest BCUT2D eigenvalue weighted by atomic mass is 9.85. The van der Waals surface area contributed by atoms with Gasteiger partial charge in [-0.1, -0.05) is 71.8 Å². The van der Waals surface area contributed by atoms with Crippen molar-refractivity contribution in [3.05, 3.63) is 118 Å². The van der Waals surface area contributed by atoms with Crippen LogP contribution >= 0.6 is 0 Å². The largest absolute Gasteiger partial charge is 0.465 e. The van der Waals surface area contributed by atoms with Crippen LogP contribution in [0.2, 0.25) is 0 Å². The van der Waals surface area contributed by atoms with E-state index in [1.165, 1.54) is 23.1 Å². The molecule has 0 unspecified atom stereocenters. The molecule has 5 nitrogen and oxygen atoms in total. The molecule has 184 valence electrons. The van der Waals surface area contributed by atoms with Gasteiger partial charge in [-0.3, -0.25) is 9.59 Å². The van der Waals surface area contributed by atoms with Crippen LogP contribution in [-0.2, 0) is 14.3 Å². The van der Waals surface area contributed by atoms with Crippen LogP contribution in [0.4, 0.5) is 5.69 Å². The van der Waals surface area contributed by atoms with Crippen LogP contribution in [-0.4, -0.2) is 24.9 Å². The van der Waals surface area contributed by atoms with Gasteiger partial charge >= 0.3 is 5.97 Å². The van der Waals surface area contributed by atoms with Gasteiger partial charge in [0.1, 0.15) is 0 Å². The highest BCUT2D eigenvalue weighted by Crippen LogP contribution is 2.58. The average molecular weight is 490 g/mol. The van der Waals surface area contributed by atoms with E-state index in [0.29, 0.717) is 11.3 Å². The van der Waals surface area contributed by atoms with Crippen molar-refractivity contribution in [1.82, 2.24) is 0 Å². The van der Waals surface area contributed by atoms with E-state index in [1.807, 2.05) is 0 Å². The van der Waals surface area contributed by atoms with Crippen molar-refractivity contribution < 1.29 is 19.1 Å². The van der Waals surface area contributed by atoms with E-state index in [9.17, 15) is 14.4 Å². The first-order chi connectivity index (χ1) is 17.9. The summed E-state index contributed by atoms with van der Waals surface area (Å²) >= 11 is 0. The van der Waals surface area contributed by atoms with Gasteiger partial charge in [-0.2, -0.15) is 0 Å². The van der Waals surface area contributed by atoms with Crippen molar-refractivity contribution in [3.63, 3.8) is 0 Å². The number of aryl methyl sites for hydroxylation is 2. The summed E-state index contributed by atoms with van der Waals surface area (Å²) in [6.07, 6.45) is 4.22. The van der Waals surface area contributed by atoms with E-state index in [4.69, 9.17) is 4.74 Å². The minimum Gasteiger partial charge on any atom is -0.465 e. The number of fused-ring (bicyclic) bond motifs is 5. The molecular formula is C32H27NO4. The smallest absolute Gasteiger partial charge is 0.337 e. The molecule has 37 heavy (non-hydrogen) atoms. The van der Waals surface area contributed by atoms with Gasteiger partial charge in [-0.25, -0.2) is 9.69 Å². The maximum Gasteiger partial charge on any atom is 0.337 e. The second-order valence-corrected chi connectivity index (χ2v) is 10.1. The van der Waals surface area contributed by atoms with Crippen LogP contribution in [0.25, 0.3) is 5.57 Å². The van der Waals surface area contributed by atoms with E-state index in [2.05, 4.69) is 74.5 Å². The molecule has 3 aromatic carbocycles. The fourth-order valence-electron chi connectivity index (χ4n) is 6.16. The van der Waals surface area contributed by atoms with Gasteiger partial charge in [0.05, 0.1) is 30.2 Å². The summed E-state index contributed by atoms with van der Waals surface area (Å²) in [4.78, 5) is 40.6. The monoisotopic (exact) mass is 489 g/mol. The van der Waals surface area contributed by atoms with Crippen LogP contribution in [0.3, 0.4) is 0 Å². The highest BCUT2D eigenvalue weighted by molar-refractivity contribution is 6.23. The van der Waals surface area contributed by atoms with Gasteiger partial charge in [0, 0.05) is 11.8 Å². The molecular weight excluding hydrogens is 462 g/mol. The summed E-state index contributed by atoms with van der Waals surface area (Å²) in [6.45, 7) is 4.13. The third-order valence-corrected chi connectivity index (χ3v) is 7.93. The minimum atomic E-state index is -0.459. The Kier molecular flexibility index (Phi) is 5.45. The van der Waals surface area contributed by atoms with Crippen molar-refractivity contribution in [1.29, 1.82) is 0 Å². The summed E-state index contributed by atoms with van der Waals surface area (Å²) in [6, 6.07) is 23.4. The lowest BCUT2D eigenvalue weighted by Crippen LogP contribution is -2.33. The van der Waals surface area contributed by atoms with Crippen LogP contribution in [0, 0.1) is 37.5 Å². The Morgan fingerprint density at radius 2 is 1.11 bits per heavy atom. The fourth-order valence-corrected chi connectivity index (χ4v) is 6.16. The normalized spacial score (nSPS) is 23.5. The molecule has 1 heterocycles. The van der Waals surface area contributed by atoms with E-state index in [0.717, 1.165) is 22.3 Å². The topological polar surface area (TPSA) is 63.7 Å². The van der Waals surface area contributed by atoms with E-state index >= 15 is 0 Å². The third-order valence-electron chi connectivity index (χ3n) is 7.93. The molecule has 2 aliphatic carbocycles. The molecule has 1 saturated carbocycles. The Morgan fingerprint density at radius 3 is 1.54 bits per heavy atom. The van der Waals surface area contributed by atoms with Crippen molar-refractivity contribution in [2.75, 3.05) is 12.0 Å². The Bertz CT molecular complexity index is 1400. The van der Waals surface area contributed by atoms with Crippen LogP contribution in [0.1, 0.15) is 32.6 Å². The fraction of sp³-hybridized carbons (Fsp3) is 0.219. The number of allylic oxidation sites excluding steroid dienone is 3. The summed E-state index contributed by atoms with van der Waals surface area (Å²) in [5.74, 6) is -1.94. The molecule has 6 rings (SSSR count). The van der Waals surface area contributed by atoms with Gasteiger partial charge < -0.3 is 4.74 Å². The Balaban J connectivity index is 1.42. The molecule has 3 aromatic rings. The number of hydrogen-bond donors (Lipinski definition) is 0. The number of imide groups is 1. The Labute approximate surface area is 216 Å². The maximum absolute atomic E-state index is 13.8. The van der Waals surface area contributed by atoms with Gasteiger partial charge in [0.25, 0.3) is 0 Å². The quantitative estimate of drug-likeness (QED) is 0.275. The van der Waals surface area contributed by atoms with E-state index in [-0.39, 0.29) is 23.7 Å². The first-order valence-electron chi connectivity index (χ1n) is 12.5. The predicted octanol–water partition coefficient (Wildman–Crippen LogP) is 5.51. The number of methoxy groups -OCH3 is 1. The molecule has 0 spiro atoms. The highest BCUT2D eigenvalue weighted by atomic mass is 16.5. The lowest BCUT2D eigenvalue weighted by Gasteiger charge is -2.22. The molecule has 0 aromatic heterocycles. The van der Waals surface area contributed by atoms with Gasteiger partial charge in [-0.15, -0.1) is 0 Å². The highest BCUT2D eigenvalue weighted by Gasteiger charge is 2.62. The van der Waals surface area contributed by atoms with Crippen LogP contribution in [0.15, 0.2) is 90.5 Å². The predicted molar refractivity (Wildman–Crippen MR) is 142 cm³/mol. The first-order valence-corrected chi connectivity index (χ1v) is 12.5. The number of rotatable bonds is 4. The molecule has 2 amide bonds. The SMILES string of the molecule is COC(=O)c1ccc(N2C(=O)[C@@H]3[C@@H](C2=O)[C@H]2C=C[C@H]3C2=C(c2ccc(C)cc2)c2ccc(C)cc2)cc1. The van der Waals surface area contributed by atoms with E-state index in [1.54, 1.807) is 24.3 Å². The number of carbonyl (C=O) groups excluding carboxylic acids is 3. The molecule has 2 fully saturated rings. The molecule has 0 radical (unpaired) electrons. The second kappa shape index (κ2) is 8.70. The number of benzene rings is 3. The molecule has 3 aliphatic rings. The number of anilines is 1. The number of ether oxygens (including phenoxy) is 1. The van der Waals surface area contributed by atoms with Crippen LogP contribution < -0.4 is 4.90 Å². The lowest BCUT2D eigenvalue weighted by molar-refractivity contribution is -0.122. The first kappa shape index (κ1) is 23.2. The standard InChI is InChI=1S/C32H27NO4/c1-18-4-8-20(9-5-18)26(21-10-6-19(2)7-11-21)27-24-16-17-25(27)29-28(24)30(34)33(31(29)35)23-14-12-22(13-15-23)32(36)37-3/h4-17,24-25,28-29H,1-3H3/t24-,25-,28-,29-/m0/s1. The van der Waals surface area contributed by atoms with Crippen molar-refractivity contribution in [2.45, 2.75) is 13.8 Å². The van der Waals surface area contributed by atoms with E-state index < -0.39 is 17.8 Å². The third kappa shape index (κ3) is 3.57. The van der Waals surface area contributed by atoms with Gasteiger partial charge in [-0.05, 0) is 60.4 Å². The minimum absolute atomic E-state index is 0.136. The van der Waals surface area contributed by atoms with Crippen molar-refractivity contribution >= 4 is 29.0 Å². The van der Waals surface area contributed by atoms with Gasteiger partial charge in [0.2, 0.25) is 11.8 Å². The summed E-state index contributed by atoms with van der Waals surface area (Å²) in [5.41, 5.74) is 7.68. The molecule has 4 atom stereocenters. The van der Waals surface area contributed by atoms with Crippen LogP contribution in [0.5, 0.6) is 0 Å². The zero-order chi connectivity index (χ0) is 25.8. The number of amides is 2. The average Bonchev–Trinajstić information content (AvgIpc) is 3.55. The zero-order valence-electron chi connectivity index (χ0n) is 21.0. The number of carbonyl (C=O) groups is 3. The molecule has 0 N–H and O–H groups in total. The molecule has 5 heteroatoms. The molecule has 1 aliphatic heterocycles. The zero-order valence-corrected chi connectivity index (χ0v) is 21.0. The summed E-state index contributed by atoms with van der Waals surface area (Å²) in [5, 5.41) is 0. The van der Waals surface area contributed by atoms with Crippen molar-refractivity contribution in [3.8, 4) is 0 Å². The van der Waals surface area contributed by atoms with Gasteiger partial charge in [0.15, 0.2) is 0 Å². The second-order valence-electron chi connectivity index (χ2n) is 10.1. The number of nitrogens with zero attached hydrogens (tertiary/aromatic N) is 1. The Hall–Kier alpha value is -4.25.